The molecule has 6 heterocycles. The number of nitrogens with zero attached hydrogens (tertiary/aromatic N) is 6. The molecule has 18 heteroatoms. The maximum Gasteiger partial charge on any atom is 0.185 e. The number of aromatic nitrogens is 4. The first kappa shape index (κ1) is 46.4. The molecule has 0 aliphatic carbocycles. The number of sulfone groups is 2. The van der Waals surface area contributed by atoms with E-state index in [2.05, 4.69) is 42.4 Å². The number of rotatable bonds is 10. The van der Waals surface area contributed by atoms with Gasteiger partial charge in [-0.25, -0.2) is 35.6 Å². The summed E-state index contributed by atoms with van der Waals surface area (Å²) in [4.78, 5) is 13.5. The molecule has 0 radical (unpaired) electrons. The average molecular weight is 975 g/mol. The molecule has 4 aliphatic heterocycles. The topological polar surface area (TPSA) is 145 Å². The van der Waals surface area contributed by atoms with Crippen molar-refractivity contribution in [2.45, 2.75) is 97.8 Å². The van der Waals surface area contributed by atoms with Gasteiger partial charge in [-0.15, -0.1) is 0 Å². The van der Waals surface area contributed by atoms with E-state index in [1.54, 1.807) is 24.3 Å². The van der Waals surface area contributed by atoms with E-state index in [4.69, 9.17) is 9.47 Å². The van der Waals surface area contributed by atoms with Crippen LogP contribution in [0.3, 0.4) is 0 Å². The zero-order valence-corrected chi connectivity index (χ0v) is 40.0. The van der Waals surface area contributed by atoms with Crippen molar-refractivity contribution in [1.82, 2.24) is 28.5 Å². The summed E-state index contributed by atoms with van der Waals surface area (Å²) in [6.07, 6.45) is 8.60. The van der Waals surface area contributed by atoms with Crippen LogP contribution in [0.25, 0.3) is 0 Å². The van der Waals surface area contributed by atoms with Gasteiger partial charge in [0.15, 0.2) is 19.7 Å². The first-order chi connectivity index (χ1) is 31.8. The predicted molar refractivity (Wildman–Crippen MR) is 249 cm³/mol. The number of hydrogen-bond donors (Lipinski definition) is 0. The number of likely N-dealkylation sites (tertiary alicyclic amines) is 2. The summed E-state index contributed by atoms with van der Waals surface area (Å²) in [6.45, 7) is 7.45. The van der Waals surface area contributed by atoms with Crippen molar-refractivity contribution in [2.24, 2.45) is 11.8 Å². The maximum atomic E-state index is 13.5. The molecule has 0 saturated carbocycles. The van der Waals surface area contributed by atoms with E-state index < -0.39 is 19.7 Å². The molecule has 6 atom stereocenters. The molecule has 0 spiro atoms. The first-order valence-electron chi connectivity index (χ1n) is 22.3. The van der Waals surface area contributed by atoms with Crippen LogP contribution in [-0.2, 0) is 31.2 Å². The zero-order chi connectivity index (χ0) is 46.0. The largest absolute Gasteiger partial charge is 0.493 e. The van der Waals surface area contributed by atoms with Crippen molar-refractivity contribution in [3.05, 3.63) is 141 Å². The van der Waals surface area contributed by atoms with E-state index >= 15 is 0 Å². The highest BCUT2D eigenvalue weighted by atomic mass is 32.2. The molecule has 2 saturated heterocycles. The van der Waals surface area contributed by atoms with Gasteiger partial charge in [0, 0.05) is 48.1 Å². The average Bonchev–Trinajstić information content (AvgIpc) is 4.03. The minimum absolute atomic E-state index is 0.121. The molecule has 348 valence electrons. The molecule has 2 aromatic heterocycles. The molecule has 2 fully saturated rings. The lowest BCUT2D eigenvalue weighted by Crippen LogP contribution is -2.40. The monoisotopic (exact) mass is 974 g/mol. The van der Waals surface area contributed by atoms with E-state index in [9.17, 15) is 25.6 Å². The molecule has 0 bridgehead atoms. The predicted octanol–water partition coefficient (Wildman–Crippen LogP) is 9.90. The SMILES string of the molecule is C[C@@H]1CCN([C@@H]2CCOc3cc(S(=O)(=O)Cc4ncns4)ccc32)[C@H](c2ccc(F)cc2)C1.C[C@@H]1CCN([C@H]2CCOc3cc(S(=O)(=O)Cc4ncns4)ccc32)[C@H](c2ccc(F)cc2)C1. The van der Waals surface area contributed by atoms with Gasteiger partial charge in [-0.3, -0.25) is 9.80 Å². The molecule has 0 unspecified atom stereocenters. The summed E-state index contributed by atoms with van der Waals surface area (Å²) in [5, 5.41) is 0.937. The Bertz CT molecular complexity index is 2630. The van der Waals surface area contributed by atoms with E-state index in [0.29, 0.717) is 46.6 Å². The van der Waals surface area contributed by atoms with Crippen LogP contribution in [0.5, 0.6) is 11.5 Å². The fourth-order valence-electron chi connectivity index (χ4n) is 9.88. The second-order valence-electron chi connectivity index (χ2n) is 17.8. The molecule has 12 nitrogen and oxygen atoms in total. The van der Waals surface area contributed by atoms with Crippen molar-refractivity contribution >= 4 is 42.7 Å². The lowest BCUT2D eigenvalue weighted by molar-refractivity contribution is 0.0487. The van der Waals surface area contributed by atoms with Gasteiger partial charge in [-0.1, -0.05) is 50.2 Å². The molecular weight excluding hydrogens is 923 g/mol. The molecule has 0 N–H and O–H groups in total. The van der Waals surface area contributed by atoms with Crippen molar-refractivity contribution in [3.63, 3.8) is 0 Å². The lowest BCUT2D eigenvalue weighted by Gasteiger charge is -2.45. The summed E-state index contributed by atoms with van der Waals surface area (Å²) in [7, 11) is -7.09. The molecule has 4 aliphatic rings. The van der Waals surface area contributed by atoms with Crippen LogP contribution in [0.15, 0.2) is 107 Å². The summed E-state index contributed by atoms with van der Waals surface area (Å²) in [5.41, 5.74) is 4.26. The van der Waals surface area contributed by atoms with Crippen molar-refractivity contribution < 1.29 is 35.1 Å². The number of benzene rings is 4. The highest BCUT2D eigenvalue weighted by molar-refractivity contribution is 7.91. The second kappa shape index (κ2) is 19.9. The summed E-state index contributed by atoms with van der Waals surface area (Å²) >= 11 is 2.18. The third-order valence-electron chi connectivity index (χ3n) is 13.3. The molecule has 6 aromatic rings. The van der Waals surface area contributed by atoms with Crippen LogP contribution in [-0.4, -0.2) is 71.7 Å². The fraction of sp³-hybridized carbons (Fsp3) is 0.417. The Labute approximate surface area is 393 Å². The van der Waals surface area contributed by atoms with E-state index in [1.165, 1.54) is 36.9 Å². The van der Waals surface area contributed by atoms with Gasteiger partial charge in [0.25, 0.3) is 0 Å². The molecule has 66 heavy (non-hydrogen) atoms. The Kier molecular flexibility index (Phi) is 14.0. The van der Waals surface area contributed by atoms with Crippen LogP contribution in [0.4, 0.5) is 8.78 Å². The third-order valence-corrected chi connectivity index (χ3v) is 18.2. The molecule has 4 aromatic carbocycles. The number of halogens is 2. The number of piperidine rings is 2. The van der Waals surface area contributed by atoms with E-state index in [0.717, 1.165) is 96.9 Å². The normalized spacial score (nSPS) is 23.6. The van der Waals surface area contributed by atoms with Gasteiger partial charge in [0.1, 0.15) is 57.3 Å². The number of hydrogen-bond acceptors (Lipinski definition) is 14. The van der Waals surface area contributed by atoms with Crippen LogP contribution in [0.2, 0.25) is 0 Å². The highest BCUT2D eigenvalue weighted by Crippen LogP contribution is 2.47. The summed E-state index contributed by atoms with van der Waals surface area (Å²) < 4.78 is 98.4. The Balaban J connectivity index is 0.000000166. The van der Waals surface area contributed by atoms with Crippen LogP contribution in [0.1, 0.15) is 109 Å². The van der Waals surface area contributed by atoms with Crippen LogP contribution < -0.4 is 9.47 Å². The standard InChI is InChI=1S/2C24H26FN3O3S2/c2*1-16-8-10-28(22(12-16)17-2-4-18(25)5-3-17)21-9-11-31-23-13-19(6-7-20(21)23)33(29,30)14-24-26-15-27-32-24/h2*2-7,13,15-16,21-22H,8-12,14H2,1H3/t16-,21+,22+;16-,21-,22+/m11/s1. The minimum Gasteiger partial charge on any atom is -0.493 e. The van der Waals surface area contributed by atoms with E-state index in [1.807, 2.05) is 36.4 Å². The van der Waals surface area contributed by atoms with Crippen molar-refractivity contribution in [3.8, 4) is 11.5 Å². The van der Waals surface area contributed by atoms with Gasteiger partial charge in [-0.2, -0.15) is 8.75 Å². The zero-order valence-electron chi connectivity index (χ0n) is 36.7. The van der Waals surface area contributed by atoms with Gasteiger partial charge >= 0.3 is 0 Å². The Morgan fingerprint density at radius 1 is 0.576 bits per heavy atom. The Hall–Kier alpha value is -4.72. The minimum atomic E-state index is -3.55. The van der Waals surface area contributed by atoms with Crippen molar-refractivity contribution in [2.75, 3.05) is 26.3 Å². The second-order valence-corrected chi connectivity index (χ2v) is 23.5. The van der Waals surface area contributed by atoms with Gasteiger partial charge < -0.3 is 9.47 Å². The quantitative estimate of drug-likeness (QED) is 0.129. The molecule has 0 amide bonds. The maximum absolute atomic E-state index is 13.5. The van der Waals surface area contributed by atoms with Gasteiger partial charge in [0.2, 0.25) is 0 Å². The number of fused-ring (bicyclic) bond motifs is 2. The lowest BCUT2D eigenvalue weighted by atomic mass is 9.85. The summed E-state index contributed by atoms with van der Waals surface area (Å²) in [5.74, 6) is 1.63. The Morgan fingerprint density at radius 2 is 0.985 bits per heavy atom. The number of ether oxygens (including phenoxy) is 2. The third kappa shape index (κ3) is 10.4. The van der Waals surface area contributed by atoms with Gasteiger partial charge in [-0.05, 0) is 133 Å². The van der Waals surface area contributed by atoms with E-state index in [-0.39, 0.29) is 57.1 Å². The molecule has 10 rings (SSSR count). The summed E-state index contributed by atoms with van der Waals surface area (Å²) in [6, 6.07) is 24.7. The highest BCUT2D eigenvalue weighted by Gasteiger charge is 2.38. The van der Waals surface area contributed by atoms with Crippen LogP contribution >= 0.6 is 23.1 Å². The Morgan fingerprint density at radius 3 is 1.36 bits per heavy atom. The smallest absolute Gasteiger partial charge is 0.185 e. The molecular formula is C48H52F2N6O6S4. The van der Waals surface area contributed by atoms with Crippen molar-refractivity contribution in [1.29, 1.82) is 0 Å². The first-order valence-corrected chi connectivity index (χ1v) is 27.2. The van der Waals surface area contributed by atoms with Gasteiger partial charge in [0.05, 0.1) is 23.0 Å². The fourth-order valence-corrected chi connectivity index (χ4v) is 14.1. The van der Waals surface area contributed by atoms with Crippen LogP contribution in [0, 0.1) is 23.5 Å².